The van der Waals surface area contributed by atoms with Gasteiger partial charge in [-0.15, -0.1) is 0 Å². The van der Waals surface area contributed by atoms with Crippen LogP contribution in [0.25, 0.3) is 22.1 Å². The number of imidazole rings is 1. The van der Waals surface area contributed by atoms with Crippen LogP contribution in [-0.4, -0.2) is 27.4 Å². The van der Waals surface area contributed by atoms with Crippen LogP contribution >= 0.6 is 11.8 Å². The number of thioether (sulfide) groups is 1. The highest BCUT2D eigenvalue weighted by Crippen LogP contribution is 2.23. The van der Waals surface area contributed by atoms with E-state index in [2.05, 4.69) is 9.97 Å². The van der Waals surface area contributed by atoms with Gasteiger partial charge in [0.2, 0.25) is 0 Å². The Kier molecular flexibility index (Phi) is 3.78. The Labute approximate surface area is 141 Å². The normalized spacial score (nSPS) is 11.4. The van der Waals surface area contributed by atoms with Gasteiger partial charge >= 0.3 is 5.76 Å². The van der Waals surface area contributed by atoms with Crippen LogP contribution < -0.4 is 10.5 Å². The second-order valence-corrected chi connectivity index (χ2v) is 6.34. The van der Waals surface area contributed by atoms with Gasteiger partial charge in [0.15, 0.2) is 10.7 Å². The topological polar surface area (TPSA) is 73.1 Å². The van der Waals surface area contributed by atoms with Crippen molar-refractivity contribution in [1.29, 1.82) is 0 Å². The standard InChI is InChI=1S/C17H15N3O3S/c1-22-11-6-7-12-13(10-11)19-16(18-12)24-9-8-20-14-4-2-3-5-15(14)23-17(20)21/h2-7,10H,8-9H2,1H3,(H,18,19). The Morgan fingerprint density at radius 3 is 3.04 bits per heavy atom. The molecule has 0 saturated carbocycles. The van der Waals surface area contributed by atoms with Gasteiger partial charge in [0.1, 0.15) is 5.75 Å². The van der Waals surface area contributed by atoms with E-state index in [1.54, 1.807) is 29.5 Å². The Morgan fingerprint density at radius 2 is 2.17 bits per heavy atom. The van der Waals surface area contributed by atoms with E-state index in [0.29, 0.717) is 17.9 Å². The lowest BCUT2D eigenvalue weighted by molar-refractivity contribution is 0.415. The van der Waals surface area contributed by atoms with Crippen LogP contribution in [0.15, 0.2) is 56.8 Å². The van der Waals surface area contributed by atoms with Crippen molar-refractivity contribution in [2.24, 2.45) is 0 Å². The van der Waals surface area contributed by atoms with E-state index in [1.807, 2.05) is 36.4 Å². The number of aryl methyl sites for hydroxylation is 1. The third-order valence-electron chi connectivity index (χ3n) is 3.79. The first-order valence-electron chi connectivity index (χ1n) is 7.49. The smallest absolute Gasteiger partial charge is 0.419 e. The molecule has 2 aromatic carbocycles. The molecule has 2 heterocycles. The Hall–Kier alpha value is -2.67. The Bertz CT molecular complexity index is 1060. The van der Waals surface area contributed by atoms with Crippen molar-refractivity contribution in [2.45, 2.75) is 11.7 Å². The van der Waals surface area contributed by atoms with Crippen molar-refractivity contribution < 1.29 is 9.15 Å². The number of benzene rings is 2. The maximum atomic E-state index is 11.9. The van der Waals surface area contributed by atoms with E-state index in [1.165, 1.54) is 0 Å². The highest BCUT2D eigenvalue weighted by atomic mass is 32.2. The maximum absolute atomic E-state index is 11.9. The van der Waals surface area contributed by atoms with Crippen LogP contribution in [0, 0.1) is 0 Å². The number of nitrogens with one attached hydrogen (secondary N) is 1. The van der Waals surface area contributed by atoms with Gasteiger partial charge in [-0.05, 0) is 24.3 Å². The fraction of sp³-hybridized carbons (Fsp3) is 0.176. The van der Waals surface area contributed by atoms with E-state index in [0.717, 1.165) is 27.5 Å². The van der Waals surface area contributed by atoms with Crippen molar-refractivity contribution in [2.75, 3.05) is 12.9 Å². The second kappa shape index (κ2) is 6.09. The molecular formula is C17H15N3O3S. The molecular weight excluding hydrogens is 326 g/mol. The zero-order valence-corrected chi connectivity index (χ0v) is 13.8. The van der Waals surface area contributed by atoms with E-state index < -0.39 is 0 Å². The number of ether oxygens (including phenoxy) is 1. The molecule has 7 heteroatoms. The summed E-state index contributed by atoms with van der Waals surface area (Å²) in [6, 6.07) is 13.2. The molecule has 0 amide bonds. The summed E-state index contributed by atoms with van der Waals surface area (Å²) in [7, 11) is 1.64. The number of methoxy groups -OCH3 is 1. The molecule has 0 saturated heterocycles. The SMILES string of the molecule is COc1ccc2nc(SCCn3c(=O)oc4ccccc43)[nH]c2c1. The molecule has 2 aromatic heterocycles. The summed E-state index contributed by atoms with van der Waals surface area (Å²) in [6.45, 7) is 0.556. The fourth-order valence-electron chi connectivity index (χ4n) is 2.62. The molecule has 0 unspecified atom stereocenters. The lowest BCUT2D eigenvalue weighted by Crippen LogP contribution is -2.15. The predicted octanol–water partition coefficient (Wildman–Crippen LogP) is 3.27. The first-order chi connectivity index (χ1) is 11.7. The third kappa shape index (κ3) is 2.67. The number of aromatic amines is 1. The summed E-state index contributed by atoms with van der Waals surface area (Å²) in [6.07, 6.45) is 0. The van der Waals surface area contributed by atoms with Crippen molar-refractivity contribution in [1.82, 2.24) is 14.5 Å². The molecule has 0 atom stereocenters. The molecule has 0 radical (unpaired) electrons. The fourth-order valence-corrected chi connectivity index (χ4v) is 3.43. The van der Waals surface area contributed by atoms with Crippen LogP contribution in [0.5, 0.6) is 5.75 Å². The minimum atomic E-state index is -0.328. The molecule has 4 rings (SSSR count). The number of oxazole rings is 1. The van der Waals surface area contributed by atoms with Crippen molar-refractivity contribution in [3.05, 3.63) is 53.0 Å². The number of rotatable bonds is 5. The number of aromatic nitrogens is 3. The van der Waals surface area contributed by atoms with Gasteiger partial charge in [0.05, 0.1) is 23.7 Å². The molecule has 0 aliphatic heterocycles. The number of para-hydroxylation sites is 2. The minimum absolute atomic E-state index is 0.328. The molecule has 6 nitrogen and oxygen atoms in total. The lowest BCUT2D eigenvalue weighted by Gasteiger charge is -2.00. The number of fused-ring (bicyclic) bond motifs is 2. The van der Waals surface area contributed by atoms with Crippen molar-refractivity contribution in [3.63, 3.8) is 0 Å². The van der Waals surface area contributed by atoms with Crippen molar-refractivity contribution in [3.8, 4) is 5.75 Å². The summed E-state index contributed by atoms with van der Waals surface area (Å²) in [4.78, 5) is 19.7. The number of hydrogen-bond acceptors (Lipinski definition) is 5. The highest BCUT2D eigenvalue weighted by Gasteiger charge is 2.09. The molecule has 1 N–H and O–H groups in total. The number of H-pyrrole nitrogens is 1. The van der Waals surface area contributed by atoms with Crippen LogP contribution in [0.1, 0.15) is 0 Å². The average molecular weight is 341 g/mol. The van der Waals surface area contributed by atoms with Gasteiger partial charge in [-0.3, -0.25) is 4.57 Å². The number of hydrogen-bond donors (Lipinski definition) is 1. The molecule has 0 bridgehead atoms. The van der Waals surface area contributed by atoms with E-state index in [4.69, 9.17) is 9.15 Å². The molecule has 122 valence electrons. The summed E-state index contributed by atoms with van der Waals surface area (Å²) in [5, 5.41) is 0.819. The molecule has 4 aromatic rings. The summed E-state index contributed by atoms with van der Waals surface area (Å²) in [5.74, 6) is 1.17. The molecule has 0 aliphatic carbocycles. The second-order valence-electron chi connectivity index (χ2n) is 5.26. The van der Waals surface area contributed by atoms with Crippen molar-refractivity contribution >= 4 is 33.9 Å². The quantitative estimate of drug-likeness (QED) is 0.564. The van der Waals surface area contributed by atoms with E-state index in [9.17, 15) is 4.79 Å². The van der Waals surface area contributed by atoms with Gasteiger partial charge in [-0.1, -0.05) is 23.9 Å². The first-order valence-corrected chi connectivity index (χ1v) is 8.48. The molecule has 0 fully saturated rings. The molecule has 0 aliphatic rings. The van der Waals surface area contributed by atoms with Crippen LogP contribution in [0.3, 0.4) is 0 Å². The first kappa shape index (κ1) is 14.9. The lowest BCUT2D eigenvalue weighted by atomic mass is 10.3. The maximum Gasteiger partial charge on any atom is 0.419 e. The summed E-state index contributed by atoms with van der Waals surface area (Å²) in [5.41, 5.74) is 3.26. The minimum Gasteiger partial charge on any atom is -0.497 e. The number of nitrogens with zero attached hydrogens (tertiary/aromatic N) is 2. The third-order valence-corrected chi connectivity index (χ3v) is 4.65. The summed E-state index contributed by atoms with van der Waals surface area (Å²) < 4.78 is 12.1. The predicted molar refractivity (Wildman–Crippen MR) is 93.8 cm³/mol. The highest BCUT2D eigenvalue weighted by molar-refractivity contribution is 7.99. The molecule has 24 heavy (non-hydrogen) atoms. The van der Waals surface area contributed by atoms with E-state index in [-0.39, 0.29) is 5.76 Å². The van der Waals surface area contributed by atoms with Gasteiger partial charge < -0.3 is 14.1 Å². The zero-order chi connectivity index (χ0) is 16.5. The van der Waals surface area contributed by atoms with Gasteiger partial charge in [-0.2, -0.15) is 0 Å². The Balaban J connectivity index is 1.50. The zero-order valence-electron chi connectivity index (χ0n) is 13.0. The monoisotopic (exact) mass is 341 g/mol. The van der Waals surface area contributed by atoms with Gasteiger partial charge in [0, 0.05) is 18.4 Å². The molecule has 0 spiro atoms. The average Bonchev–Trinajstić information content (AvgIpc) is 3.14. The van der Waals surface area contributed by atoms with Gasteiger partial charge in [0.25, 0.3) is 0 Å². The van der Waals surface area contributed by atoms with Crippen LogP contribution in [0.4, 0.5) is 0 Å². The largest absolute Gasteiger partial charge is 0.497 e. The summed E-state index contributed by atoms with van der Waals surface area (Å²) >= 11 is 1.57. The van der Waals surface area contributed by atoms with Crippen LogP contribution in [0.2, 0.25) is 0 Å². The van der Waals surface area contributed by atoms with Gasteiger partial charge in [-0.25, -0.2) is 9.78 Å². The van der Waals surface area contributed by atoms with E-state index >= 15 is 0 Å². The Morgan fingerprint density at radius 1 is 1.29 bits per heavy atom. The van der Waals surface area contributed by atoms with Crippen LogP contribution in [-0.2, 0) is 6.54 Å².